The lowest BCUT2D eigenvalue weighted by Crippen LogP contribution is -2.26. The van der Waals surface area contributed by atoms with Crippen LogP contribution in [-0.4, -0.2) is 30.5 Å². The Hall–Kier alpha value is -1.08. The highest BCUT2D eigenvalue weighted by Gasteiger charge is 2.19. The maximum absolute atomic E-state index is 11.1. The normalized spacial score (nSPS) is 13.4. The monoisotopic (exact) mass is 223 g/mol. The Bertz CT molecular complexity index is 343. The quantitative estimate of drug-likeness (QED) is 0.358. The van der Waals surface area contributed by atoms with Crippen LogP contribution in [0.3, 0.4) is 0 Å². The first-order chi connectivity index (χ1) is 6.30. The van der Waals surface area contributed by atoms with E-state index in [1.54, 1.807) is 0 Å². The van der Waals surface area contributed by atoms with Crippen LogP contribution in [0.25, 0.3) is 0 Å². The molecule has 6 nitrogen and oxygen atoms in total. The number of hydrogen-bond acceptors (Lipinski definition) is 4. The van der Waals surface area contributed by atoms with Crippen molar-refractivity contribution in [3.05, 3.63) is 10.7 Å². The summed E-state index contributed by atoms with van der Waals surface area (Å²) in [5.41, 5.74) is -0.430. The topological polar surface area (TPSA) is 104 Å². The molecule has 14 heavy (non-hydrogen) atoms. The molecule has 0 aromatic carbocycles. The zero-order valence-electron chi connectivity index (χ0n) is 7.94. The second kappa shape index (κ2) is 4.97. The van der Waals surface area contributed by atoms with Crippen molar-refractivity contribution in [2.45, 2.75) is 20.3 Å². The Morgan fingerprint density at radius 2 is 1.93 bits per heavy atom. The van der Waals surface area contributed by atoms with Gasteiger partial charge in [0.25, 0.3) is 5.91 Å². The Labute approximate surface area is 82.4 Å². The molecule has 0 atom stereocenters. The maximum atomic E-state index is 11.1. The number of aliphatic hydroxyl groups is 1. The fourth-order valence-corrected chi connectivity index (χ4v) is 1.14. The minimum absolute atomic E-state index is 0.370. The largest absolute Gasteiger partial charge is 0.497 e. The maximum Gasteiger partial charge on any atom is 0.328 e. The standard InChI is InChI=1S/C7H13NO5S/c1-3-4-8-6(9)5(2)7(10)14(11,12)13/h10H,3-4H2,1-2H3,(H,8,9)(H,11,12,13)/b7-5-. The number of rotatable bonds is 4. The van der Waals surface area contributed by atoms with Gasteiger partial charge in [0.1, 0.15) is 0 Å². The fraction of sp³-hybridized carbons (Fsp3) is 0.571. The Morgan fingerprint density at radius 1 is 1.43 bits per heavy atom. The Kier molecular flexibility index (Phi) is 4.58. The molecule has 0 aliphatic rings. The molecule has 0 aliphatic heterocycles. The molecule has 0 radical (unpaired) electrons. The summed E-state index contributed by atoms with van der Waals surface area (Å²) in [5, 5.41) is 9.94. The van der Waals surface area contributed by atoms with Crippen LogP contribution in [0.2, 0.25) is 0 Å². The van der Waals surface area contributed by atoms with E-state index < -0.39 is 26.7 Å². The van der Waals surface area contributed by atoms with E-state index in [-0.39, 0.29) is 0 Å². The molecule has 0 saturated heterocycles. The average molecular weight is 223 g/mol. The van der Waals surface area contributed by atoms with Gasteiger partial charge in [-0.1, -0.05) is 6.92 Å². The lowest BCUT2D eigenvalue weighted by atomic mass is 10.3. The summed E-state index contributed by atoms with van der Waals surface area (Å²) in [6, 6.07) is 0. The first kappa shape index (κ1) is 12.9. The minimum Gasteiger partial charge on any atom is -0.497 e. The van der Waals surface area contributed by atoms with Crippen molar-refractivity contribution in [1.29, 1.82) is 0 Å². The zero-order chi connectivity index (χ0) is 11.4. The van der Waals surface area contributed by atoms with E-state index in [1.807, 2.05) is 6.92 Å². The van der Waals surface area contributed by atoms with Crippen molar-refractivity contribution >= 4 is 16.0 Å². The van der Waals surface area contributed by atoms with Crippen molar-refractivity contribution in [1.82, 2.24) is 5.32 Å². The third kappa shape index (κ3) is 3.75. The van der Waals surface area contributed by atoms with Gasteiger partial charge in [0.05, 0.1) is 5.57 Å². The number of nitrogens with one attached hydrogen (secondary N) is 1. The van der Waals surface area contributed by atoms with Gasteiger partial charge < -0.3 is 10.4 Å². The van der Waals surface area contributed by atoms with Gasteiger partial charge in [0.2, 0.25) is 5.09 Å². The second-order valence-corrected chi connectivity index (χ2v) is 4.00. The van der Waals surface area contributed by atoms with Crippen LogP contribution >= 0.6 is 0 Å². The van der Waals surface area contributed by atoms with Crippen LogP contribution in [0.5, 0.6) is 0 Å². The molecule has 0 spiro atoms. The van der Waals surface area contributed by atoms with Crippen LogP contribution in [-0.2, 0) is 14.9 Å². The van der Waals surface area contributed by atoms with Gasteiger partial charge in [-0.2, -0.15) is 8.42 Å². The van der Waals surface area contributed by atoms with Crippen LogP contribution in [0.1, 0.15) is 20.3 Å². The highest BCUT2D eigenvalue weighted by atomic mass is 32.2. The van der Waals surface area contributed by atoms with Crippen LogP contribution < -0.4 is 5.32 Å². The third-order valence-corrected chi connectivity index (χ3v) is 2.24. The predicted molar refractivity (Wildman–Crippen MR) is 50.2 cm³/mol. The number of hydrogen-bond donors (Lipinski definition) is 3. The Morgan fingerprint density at radius 3 is 2.29 bits per heavy atom. The fourth-order valence-electron chi connectivity index (χ4n) is 0.662. The molecule has 0 aromatic rings. The highest BCUT2D eigenvalue weighted by Crippen LogP contribution is 2.06. The number of carbonyl (C=O) groups excluding carboxylic acids is 1. The SMILES string of the molecule is CCCNC(=O)/C(C)=C(/O)S(=O)(=O)O. The summed E-state index contributed by atoms with van der Waals surface area (Å²) in [7, 11) is -4.70. The first-order valence-corrected chi connectivity index (χ1v) is 5.40. The molecule has 0 unspecified atom stereocenters. The van der Waals surface area contributed by atoms with Crippen molar-refractivity contribution in [2.75, 3.05) is 6.54 Å². The zero-order valence-corrected chi connectivity index (χ0v) is 8.76. The van der Waals surface area contributed by atoms with Gasteiger partial charge in [-0.25, -0.2) is 0 Å². The number of carbonyl (C=O) groups is 1. The lowest BCUT2D eigenvalue weighted by Gasteiger charge is -2.04. The van der Waals surface area contributed by atoms with E-state index in [2.05, 4.69) is 5.32 Å². The molecular formula is C7H13NO5S. The molecule has 3 N–H and O–H groups in total. The van der Waals surface area contributed by atoms with E-state index in [1.165, 1.54) is 0 Å². The van der Waals surface area contributed by atoms with Gasteiger partial charge in [0, 0.05) is 6.54 Å². The average Bonchev–Trinajstić information content (AvgIpc) is 2.10. The van der Waals surface area contributed by atoms with E-state index in [0.717, 1.165) is 6.92 Å². The highest BCUT2D eigenvalue weighted by molar-refractivity contribution is 7.89. The third-order valence-electron chi connectivity index (χ3n) is 1.44. The van der Waals surface area contributed by atoms with Gasteiger partial charge in [-0.15, -0.1) is 0 Å². The predicted octanol–water partition coefficient (Wildman–Crippen LogP) is 0.190. The molecule has 0 saturated carbocycles. The molecule has 7 heteroatoms. The molecule has 0 bridgehead atoms. The van der Waals surface area contributed by atoms with E-state index >= 15 is 0 Å². The molecule has 0 aliphatic carbocycles. The summed E-state index contributed by atoms with van der Waals surface area (Å²) >= 11 is 0. The van der Waals surface area contributed by atoms with Gasteiger partial charge in [0.15, 0.2) is 0 Å². The summed E-state index contributed by atoms with van der Waals surface area (Å²) < 4.78 is 29.3. The van der Waals surface area contributed by atoms with E-state index in [4.69, 9.17) is 9.66 Å². The van der Waals surface area contributed by atoms with Crippen molar-refractivity contribution < 1.29 is 22.9 Å². The number of aliphatic hydroxyl groups excluding tert-OH is 1. The second-order valence-electron chi connectivity index (χ2n) is 2.66. The van der Waals surface area contributed by atoms with Crippen LogP contribution in [0, 0.1) is 0 Å². The first-order valence-electron chi connectivity index (χ1n) is 3.96. The molecule has 0 heterocycles. The minimum atomic E-state index is -4.70. The van der Waals surface area contributed by atoms with Crippen molar-refractivity contribution in [3.8, 4) is 0 Å². The molecule has 1 amide bonds. The van der Waals surface area contributed by atoms with Crippen LogP contribution in [0.15, 0.2) is 10.7 Å². The van der Waals surface area contributed by atoms with Crippen molar-refractivity contribution in [3.63, 3.8) is 0 Å². The van der Waals surface area contributed by atoms with Gasteiger partial charge in [-0.05, 0) is 13.3 Å². The summed E-state index contributed by atoms with van der Waals surface area (Å²) in [6.45, 7) is 3.30. The molecule has 0 aromatic heterocycles. The molecule has 82 valence electrons. The van der Waals surface area contributed by atoms with Gasteiger partial charge >= 0.3 is 10.1 Å². The van der Waals surface area contributed by atoms with E-state index in [9.17, 15) is 13.2 Å². The summed E-state index contributed by atoms with van der Waals surface area (Å²) in [6.07, 6.45) is 0.686. The van der Waals surface area contributed by atoms with E-state index in [0.29, 0.717) is 13.0 Å². The summed E-state index contributed by atoms with van der Waals surface area (Å²) in [4.78, 5) is 11.1. The smallest absolute Gasteiger partial charge is 0.328 e. The molecule has 0 rings (SSSR count). The van der Waals surface area contributed by atoms with Crippen molar-refractivity contribution in [2.24, 2.45) is 0 Å². The summed E-state index contributed by atoms with van der Waals surface area (Å²) in [5.74, 6) is -0.720. The molecular weight excluding hydrogens is 210 g/mol. The van der Waals surface area contributed by atoms with Gasteiger partial charge in [-0.3, -0.25) is 9.35 Å². The molecule has 0 fully saturated rings. The Balaban J connectivity index is 4.76. The van der Waals surface area contributed by atoms with Crippen LogP contribution in [0.4, 0.5) is 0 Å². The lowest BCUT2D eigenvalue weighted by molar-refractivity contribution is -0.117. The number of amides is 1.